The number of hydrogen-bond donors (Lipinski definition) is 1. The minimum atomic E-state index is -2.15. The van der Waals surface area contributed by atoms with Gasteiger partial charge in [-0.1, -0.05) is 30.3 Å². The van der Waals surface area contributed by atoms with Crippen molar-refractivity contribution in [2.75, 3.05) is 13.7 Å². The second-order valence-corrected chi connectivity index (χ2v) is 4.70. The van der Waals surface area contributed by atoms with E-state index in [-0.39, 0.29) is 13.2 Å². The number of amides is 1. The standard InChI is InChI=1S/C15H19NO6/c1-4-21-13(19)15(2,12(17)18)16(3)14(20)22-10-11-8-6-5-7-9-11/h5-9H,4,10H2,1-3H3,(H,17,18). The van der Waals surface area contributed by atoms with Crippen LogP contribution >= 0.6 is 0 Å². The Kier molecular flexibility index (Phi) is 5.91. The highest BCUT2D eigenvalue weighted by Crippen LogP contribution is 2.18. The maximum atomic E-state index is 12.0. The summed E-state index contributed by atoms with van der Waals surface area (Å²) in [6, 6.07) is 8.91. The summed E-state index contributed by atoms with van der Waals surface area (Å²) in [5, 5.41) is 9.28. The van der Waals surface area contributed by atoms with E-state index in [9.17, 15) is 19.5 Å². The van der Waals surface area contributed by atoms with Crippen LogP contribution in [0.2, 0.25) is 0 Å². The number of hydrogen-bond acceptors (Lipinski definition) is 5. The van der Waals surface area contributed by atoms with Crippen molar-refractivity contribution >= 4 is 18.0 Å². The van der Waals surface area contributed by atoms with Crippen LogP contribution in [-0.4, -0.2) is 47.2 Å². The molecule has 0 bridgehead atoms. The third-order valence-corrected chi connectivity index (χ3v) is 3.24. The molecule has 0 aromatic heterocycles. The molecule has 1 amide bonds. The Morgan fingerprint density at radius 1 is 1.18 bits per heavy atom. The molecule has 1 unspecified atom stereocenters. The summed E-state index contributed by atoms with van der Waals surface area (Å²) in [6.45, 7) is 2.63. The lowest BCUT2D eigenvalue weighted by Gasteiger charge is -2.31. The Hall–Kier alpha value is -2.57. The summed E-state index contributed by atoms with van der Waals surface area (Å²) in [5.74, 6) is -2.52. The van der Waals surface area contributed by atoms with Crippen molar-refractivity contribution in [2.45, 2.75) is 26.0 Å². The zero-order valence-electron chi connectivity index (χ0n) is 12.7. The third-order valence-electron chi connectivity index (χ3n) is 3.24. The van der Waals surface area contributed by atoms with Gasteiger partial charge in [0.05, 0.1) is 6.61 Å². The normalized spacial score (nSPS) is 12.9. The molecule has 0 aliphatic carbocycles. The van der Waals surface area contributed by atoms with E-state index in [1.54, 1.807) is 31.2 Å². The highest BCUT2D eigenvalue weighted by molar-refractivity contribution is 6.05. The zero-order chi connectivity index (χ0) is 16.8. The molecule has 7 heteroatoms. The van der Waals surface area contributed by atoms with Gasteiger partial charge in [-0.25, -0.2) is 14.4 Å². The van der Waals surface area contributed by atoms with Crippen molar-refractivity contribution in [1.29, 1.82) is 0 Å². The van der Waals surface area contributed by atoms with Crippen LogP contribution in [0, 0.1) is 0 Å². The van der Waals surface area contributed by atoms with Crippen molar-refractivity contribution < 1.29 is 29.0 Å². The molecule has 0 radical (unpaired) electrons. The predicted molar refractivity (Wildman–Crippen MR) is 77.1 cm³/mol. The molecule has 7 nitrogen and oxygen atoms in total. The molecule has 0 aliphatic heterocycles. The van der Waals surface area contributed by atoms with E-state index < -0.39 is 23.6 Å². The van der Waals surface area contributed by atoms with Crippen LogP contribution in [0.25, 0.3) is 0 Å². The minimum absolute atomic E-state index is 0.00854. The van der Waals surface area contributed by atoms with Gasteiger partial charge in [-0.3, -0.25) is 4.90 Å². The van der Waals surface area contributed by atoms with Crippen molar-refractivity contribution in [3.8, 4) is 0 Å². The lowest BCUT2D eigenvalue weighted by atomic mass is 10.0. The van der Waals surface area contributed by atoms with Gasteiger partial charge in [-0.2, -0.15) is 0 Å². The number of rotatable bonds is 6. The number of benzene rings is 1. The maximum Gasteiger partial charge on any atom is 0.411 e. The molecule has 0 fully saturated rings. The fraction of sp³-hybridized carbons (Fsp3) is 0.400. The van der Waals surface area contributed by atoms with Crippen LogP contribution in [0.4, 0.5) is 4.79 Å². The molecule has 0 saturated heterocycles. The summed E-state index contributed by atoms with van der Waals surface area (Å²) >= 11 is 0. The van der Waals surface area contributed by atoms with Crippen molar-refractivity contribution in [2.24, 2.45) is 0 Å². The Balaban J connectivity index is 2.81. The molecular formula is C15H19NO6. The van der Waals surface area contributed by atoms with Crippen LogP contribution in [0.3, 0.4) is 0 Å². The molecule has 120 valence electrons. The minimum Gasteiger partial charge on any atom is -0.479 e. The number of carboxylic acids is 1. The number of carbonyl (C=O) groups is 3. The molecule has 0 saturated carbocycles. The van der Waals surface area contributed by atoms with Crippen LogP contribution < -0.4 is 0 Å². The number of esters is 1. The monoisotopic (exact) mass is 309 g/mol. The van der Waals surface area contributed by atoms with E-state index >= 15 is 0 Å². The molecule has 0 heterocycles. The quantitative estimate of drug-likeness (QED) is 0.634. The number of carbonyl (C=O) groups excluding carboxylic acids is 2. The van der Waals surface area contributed by atoms with Gasteiger partial charge in [0, 0.05) is 7.05 Å². The van der Waals surface area contributed by atoms with E-state index in [1.165, 1.54) is 7.05 Å². The summed E-state index contributed by atoms with van der Waals surface area (Å²) in [4.78, 5) is 36.0. The molecule has 1 N–H and O–H groups in total. The van der Waals surface area contributed by atoms with E-state index in [0.29, 0.717) is 0 Å². The topological polar surface area (TPSA) is 93.1 Å². The third kappa shape index (κ3) is 3.75. The zero-order valence-corrected chi connectivity index (χ0v) is 12.7. The largest absolute Gasteiger partial charge is 0.479 e. The summed E-state index contributed by atoms with van der Waals surface area (Å²) < 4.78 is 9.76. The molecule has 0 spiro atoms. The average Bonchev–Trinajstić information content (AvgIpc) is 2.52. The summed E-state index contributed by atoms with van der Waals surface area (Å²) in [6.07, 6.45) is -0.929. The molecule has 0 aliphatic rings. The van der Waals surface area contributed by atoms with Crippen LogP contribution in [0.1, 0.15) is 19.4 Å². The number of aliphatic carboxylic acids is 1. The van der Waals surface area contributed by atoms with E-state index in [4.69, 9.17) is 9.47 Å². The van der Waals surface area contributed by atoms with Crippen LogP contribution in [0.5, 0.6) is 0 Å². The highest BCUT2D eigenvalue weighted by atomic mass is 16.6. The SMILES string of the molecule is CCOC(=O)C(C)(C(=O)O)N(C)C(=O)OCc1ccccc1. The van der Waals surface area contributed by atoms with Gasteiger partial charge in [-0.15, -0.1) is 0 Å². The number of likely N-dealkylation sites (N-methyl/N-ethyl adjacent to an activating group) is 1. The Bertz CT molecular complexity index is 544. The van der Waals surface area contributed by atoms with Crippen molar-refractivity contribution in [3.63, 3.8) is 0 Å². The second-order valence-electron chi connectivity index (χ2n) is 4.70. The van der Waals surface area contributed by atoms with Gasteiger partial charge in [0.25, 0.3) is 0 Å². The number of nitrogens with zero attached hydrogens (tertiary/aromatic N) is 1. The van der Waals surface area contributed by atoms with E-state index in [0.717, 1.165) is 17.4 Å². The molecule has 1 atom stereocenters. The smallest absolute Gasteiger partial charge is 0.411 e. The van der Waals surface area contributed by atoms with Crippen molar-refractivity contribution in [1.82, 2.24) is 4.90 Å². The summed E-state index contributed by atoms with van der Waals surface area (Å²) in [5.41, 5.74) is -1.40. The predicted octanol–water partition coefficient (Wildman–Crippen LogP) is 1.66. The van der Waals surface area contributed by atoms with Gasteiger partial charge in [0.15, 0.2) is 0 Å². The van der Waals surface area contributed by atoms with E-state index in [2.05, 4.69) is 0 Å². The Labute approximate surface area is 128 Å². The molecular weight excluding hydrogens is 290 g/mol. The average molecular weight is 309 g/mol. The lowest BCUT2D eigenvalue weighted by Crippen LogP contribution is -2.59. The van der Waals surface area contributed by atoms with Gasteiger partial charge in [-0.05, 0) is 19.4 Å². The fourth-order valence-corrected chi connectivity index (χ4v) is 1.64. The Morgan fingerprint density at radius 2 is 1.77 bits per heavy atom. The first kappa shape index (κ1) is 17.5. The van der Waals surface area contributed by atoms with Gasteiger partial charge >= 0.3 is 18.0 Å². The first-order chi connectivity index (χ1) is 10.3. The lowest BCUT2D eigenvalue weighted by molar-refractivity contribution is -0.168. The van der Waals surface area contributed by atoms with Crippen LogP contribution in [-0.2, 0) is 25.7 Å². The summed E-state index contributed by atoms with van der Waals surface area (Å²) in [7, 11) is 1.18. The highest BCUT2D eigenvalue weighted by Gasteiger charge is 2.49. The fourth-order valence-electron chi connectivity index (χ4n) is 1.64. The molecule has 1 aromatic rings. The molecule has 22 heavy (non-hydrogen) atoms. The first-order valence-electron chi connectivity index (χ1n) is 6.69. The van der Waals surface area contributed by atoms with Gasteiger partial charge < -0.3 is 14.6 Å². The molecule has 1 rings (SSSR count). The van der Waals surface area contributed by atoms with Gasteiger partial charge in [0.2, 0.25) is 5.54 Å². The first-order valence-corrected chi connectivity index (χ1v) is 6.69. The maximum absolute atomic E-state index is 12.0. The van der Waals surface area contributed by atoms with Crippen LogP contribution in [0.15, 0.2) is 30.3 Å². The molecule has 1 aromatic carbocycles. The Morgan fingerprint density at radius 3 is 2.27 bits per heavy atom. The van der Waals surface area contributed by atoms with E-state index in [1.807, 2.05) is 6.07 Å². The van der Waals surface area contributed by atoms with Gasteiger partial charge in [0.1, 0.15) is 6.61 Å². The van der Waals surface area contributed by atoms with Crippen molar-refractivity contribution in [3.05, 3.63) is 35.9 Å². The number of carboxylic acid groups (broad SMARTS) is 1. The second kappa shape index (κ2) is 7.44. The number of ether oxygens (including phenoxy) is 2.